The van der Waals surface area contributed by atoms with Crippen molar-refractivity contribution in [2.45, 2.75) is 24.1 Å². The van der Waals surface area contributed by atoms with E-state index in [0.29, 0.717) is 18.4 Å². The minimum absolute atomic E-state index is 0.0238. The molecule has 100 valence electrons. The van der Waals surface area contributed by atoms with Crippen LogP contribution in [-0.2, 0) is 9.53 Å². The Labute approximate surface area is 120 Å². The van der Waals surface area contributed by atoms with Crippen LogP contribution in [0.25, 0.3) is 0 Å². The normalized spacial score (nSPS) is 31.6. The Balaban J connectivity index is 1.90. The van der Waals surface area contributed by atoms with E-state index < -0.39 is 0 Å². The third kappa shape index (κ3) is 2.26. The zero-order valence-electron chi connectivity index (χ0n) is 11.0. The molecule has 0 spiro atoms. The average molecular weight is 321 g/mol. The molecule has 0 N–H and O–H groups in total. The van der Waals surface area contributed by atoms with Crippen molar-refractivity contribution in [1.82, 2.24) is 0 Å². The molecule has 0 heterocycles. The Morgan fingerprint density at radius 1 is 1.37 bits per heavy atom. The molecule has 3 unspecified atom stereocenters. The monoisotopic (exact) mass is 322 g/mol. The molecular formula is C16H18O2Se. The Morgan fingerprint density at radius 2 is 2.16 bits per heavy atom. The molecule has 2 aliphatic rings. The van der Waals surface area contributed by atoms with Crippen LogP contribution >= 0.6 is 0 Å². The van der Waals surface area contributed by atoms with Gasteiger partial charge in [0.1, 0.15) is 0 Å². The van der Waals surface area contributed by atoms with Crippen LogP contribution in [0.5, 0.6) is 0 Å². The summed E-state index contributed by atoms with van der Waals surface area (Å²) in [5.74, 6) is 0.993. The van der Waals surface area contributed by atoms with Gasteiger partial charge in [0.25, 0.3) is 0 Å². The summed E-state index contributed by atoms with van der Waals surface area (Å²) in [5.41, 5.74) is 0. The number of hydrogen-bond donors (Lipinski definition) is 0. The molecule has 0 radical (unpaired) electrons. The Bertz CT molecular complexity index is 497. The van der Waals surface area contributed by atoms with Crippen LogP contribution in [0.2, 0.25) is 4.31 Å². The Kier molecular flexibility index (Phi) is 3.51. The number of carbonyl (C=O) groups is 1. The van der Waals surface area contributed by atoms with Crippen molar-refractivity contribution in [3.05, 3.63) is 42.5 Å². The van der Waals surface area contributed by atoms with Crippen LogP contribution in [0.15, 0.2) is 42.5 Å². The van der Waals surface area contributed by atoms with Crippen LogP contribution in [0.4, 0.5) is 0 Å². The molecule has 3 atom stereocenters. The van der Waals surface area contributed by atoms with Crippen molar-refractivity contribution < 1.29 is 9.53 Å². The van der Waals surface area contributed by atoms with Gasteiger partial charge in [0.15, 0.2) is 0 Å². The van der Waals surface area contributed by atoms with Gasteiger partial charge in [-0.25, -0.2) is 0 Å². The molecule has 1 aromatic rings. The van der Waals surface area contributed by atoms with Gasteiger partial charge in [0, 0.05) is 0 Å². The molecular weight excluding hydrogens is 303 g/mol. The fourth-order valence-electron chi connectivity index (χ4n) is 3.16. The van der Waals surface area contributed by atoms with Gasteiger partial charge in [-0.15, -0.1) is 0 Å². The molecule has 2 aliphatic carbocycles. The Hall–Kier alpha value is -1.05. The topological polar surface area (TPSA) is 26.3 Å². The standard InChI is InChI=1S/C16H18O2Se/c1-2-18-15(17)16(11-12-8-9-13(16)10-12)19-14-6-4-3-5-7-14/h3-9,12-13H,2,10-11H2,1H3. The number of fused-ring (bicyclic) bond motifs is 2. The van der Waals surface area contributed by atoms with Crippen molar-refractivity contribution in [3.8, 4) is 0 Å². The number of rotatable bonds is 4. The van der Waals surface area contributed by atoms with Gasteiger partial charge in [-0.05, 0) is 0 Å². The number of allylic oxidation sites excluding steroid dienone is 2. The predicted molar refractivity (Wildman–Crippen MR) is 76.5 cm³/mol. The van der Waals surface area contributed by atoms with Gasteiger partial charge in [-0.1, -0.05) is 0 Å². The van der Waals surface area contributed by atoms with E-state index in [2.05, 4.69) is 36.4 Å². The second-order valence-corrected chi connectivity index (χ2v) is 8.16. The fraction of sp³-hybridized carbons (Fsp3) is 0.438. The van der Waals surface area contributed by atoms with Crippen LogP contribution in [0.1, 0.15) is 19.8 Å². The summed E-state index contributed by atoms with van der Waals surface area (Å²) in [6, 6.07) is 10.4. The summed E-state index contributed by atoms with van der Waals surface area (Å²) in [5, 5.41) is 0. The maximum absolute atomic E-state index is 12.5. The van der Waals surface area contributed by atoms with E-state index in [1.165, 1.54) is 4.46 Å². The zero-order chi connectivity index (χ0) is 13.3. The molecule has 0 saturated heterocycles. The van der Waals surface area contributed by atoms with Crippen molar-refractivity contribution in [2.24, 2.45) is 11.8 Å². The summed E-state index contributed by atoms with van der Waals surface area (Å²) < 4.78 is 6.43. The molecule has 0 aliphatic heterocycles. The molecule has 3 rings (SSSR count). The molecule has 0 aromatic heterocycles. The maximum atomic E-state index is 12.5. The SMILES string of the molecule is CCOC(=O)C1([Se]c2ccccc2)CC2C=CC1C2. The molecule has 2 bridgehead atoms. The van der Waals surface area contributed by atoms with Gasteiger partial charge in [-0.2, -0.15) is 0 Å². The summed E-state index contributed by atoms with van der Waals surface area (Å²) >= 11 is 0.144. The summed E-state index contributed by atoms with van der Waals surface area (Å²) in [4.78, 5) is 12.5. The van der Waals surface area contributed by atoms with Crippen LogP contribution in [-0.4, -0.2) is 27.5 Å². The molecule has 1 aromatic carbocycles. The van der Waals surface area contributed by atoms with E-state index in [1.807, 2.05) is 13.0 Å². The third-order valence-corrected chi connectivity index (χ3v) is 7.17. The van der Waals surface area contributed by atoms with Gasteiger partial charge in [-0.3, -0.25) is 0 Å². The van der Waals surface area contributed by atoms with Gasteiger partial charge in [0.2, 0.25) is 0 Å². The van der Waals surface area contributed by atoms with Crippen molar-refractivity contribution in [3.63, 3.8) is 0 Å². The first-order valence-corrected chi connectivity index (χ1v) is 8.55. The van der Waals surface area contributed by atoms with Crippen LogP contribution in [0.3, 0.4) is 0 Å². The predicted octanol–water partition coefficient (Wildman–Crippen LogP) is 2.33. The molecule has 1 saturated carbocycles. The zero-order valence-corrected chi connectivity index (χ0v) is 12.8. The van der Waals surface area contributed by atoms with Crippen LogP contribution < -0.4 is 4.46 Å². The van der Waals surface area contributed by atoms with Gasteiger partial charge in [0.05, 0.1) is 0 Å². The minimum atomic E-state index is -0.260. The molecule has 19 heavy (non-hydrogen) atoms. The van der Waals surface area contributed by atoms with Crippen molar-refractivity contribution >= 4 is 25.4 Å². The van der Waals surface area contributed by atoms with E-state index in [1.54, 1.807) is 0 Å². The molecule has 3 heteroatoms. The van der Waals surface area contributed by atoms with Crippen molar-refractivity contribution in [2.75, 3.05) is 6.61 Å². The first-order valence-electron chi connectivity index (χ1n) is 6.84. The van der Waals surface area contributed by atoms with E-state index in [4.69, 9.17) is 4.74 Å². The number of esters is 1. The molecule has 2 nitrogen and oxygen atoms in total. The van der Waals surface area contributed by atoms with Gasteiger partial charge < -0.3 is 0 Å². The van der Waals surface area contributed by atoms with E-state index in [-0.39, 0.29) is 25.2 Å². The quantitative estimate of drug-likeness (QED) is 0.483. The second kappa shape index (κ2) is 5.14. The summed E-state index contributed by atoms with van der Waals surface area (Å²) in [6.45, 7) is 2.37. The third-order valence-electron chi connectivity index (χ3n) is 4.00. The first-order chi connectivity index (χ1) is 9.24. The number of ether oxygens (including phenoxy) is 1. The molecule has 1 fully saturated rings. The van der Waals surface area contributed by atoms with E-state index >= 15 is 0 Å². The number of hydrogen-bond acceptors (Lipinski definition) is 2. The fourth-order valence-corrected chi connectivity index (χ4v) is 6.26. The number of carbonyl (C=O) groups excluding carboxylic acids is 1. The van der Waals surface area contributed by atoms with Crippen molar-refractivity contribution in [1.29, 1.82) is 0 Å². The van der Waals surface area contributed by atoms with Gasteiger partial charge >= 0.3 is 120 Å². The Morgan fingerprint density at radius 3 is 2.74 bits per heavy atom. The molecule has 0 amide bonds. The van der Waals surface area contributed by atoms with E-state index in [0.717, 1.165) is 12.8 Å². The average Bonchev–Trinajstić information content (AvgIpc) is 3.01. The number of benzene rings is 1. The first kappa shape index (κ1) is 13.0. The second-order valence-electron chi connectivity index (χ2n) is 5.22. The van der Waals surface area contributed by atoms with E-state index in [9.17, 15) is 4.79 Å². The summed E-state index contributed by atoms with van der Waals surface area (Å²) in [7, 11) is 0. The summed E-state index contributed by atoms with van der Waals surface area (Å²) in [6.07, 6.45) is 6.63. The van der Waals surface area contributed by atoms with Crippen LogP contribution in [0, 0.1) is 11.8 Å².